The summed E-state index contributed by atoms with van der Waals surface area (Å²) in [5.41, 5.74) is 0. The Bertz CT molecular complexity index is 215. The van der Waals surface area contributed by atoms with Crippen LogP contribution in [0.1, 0.15) is 32.6 Å². The van der Waals surface area contributed by atoms with Gasteiger partial charge >= 0.3 is 0 Å². The number of hydrogen-bond donors (Lipinski definition) is 0. The minimum Gasteiger partial charge on any atom is -0.212 e. The van der Waals surface area contributed by atoms with Crippen molar-refractivity contribution in [2.45, 2.75) is 37.9 Å². The van der Waals surface area contributed by atoms with Crippen LogP contribution in [0.3, 0.4) is 0 Å². The molecule has 0 radical (unpaired) electrons. The minimum atomic E-state index is -3.28. The summed E-state index contributed by atoms with van der Waals surface area (Å²) in [7, 11) is 1.95. The molecule has 0 aromatic carbocycles. The highest BCUT2D eigenvalue weighted by molar-refractivity contribution is 8.14. The number of rotatable bonds is 1. The van der Waals surface area contributed by atoms with Crippen LogP contribution in [0.25, 0.3) is 0 Å². The Morgan fingerprint density at radius 3 is 2.00 bits per heavy atom. The zero-order valence-corrected chi connectivity index (χ0v) is 8.16. The van der Waals surface area contributed by atoms with Crippen LogP contribution in [0.15, 0.2) is 0 Å². The summed E-state index contributed by atoms with van der Waals surface area (Å²) < 4.78 is 21.7. The Kier molecular flexibility index (Phi) is 2.81. The predicted octanol–water partition coefficient (Wildman–Crippen LogP) is 2.13. The SMILES string of the molecule is CC1CCC(S(=O)(=O)Cl)CC1. The topological polar surface area (TPSA) is 34.1 Å². The number of hydrogen-bond acceptors (Lipinski definition) is 2. The molecule has 11 heavy (non-hydrogen) atoms. The van der Waals surface area contributed by atoms with Gasteiger partial charge in [0, 0.05) is 10.7 Å². The smallest absolute Gasteiger partial charge is 0.212 e. The van der Waals surface area contributed by atoms with Crippen LogP contribution in [0.2, 0.25) is 0 Å². The van der Waals surface area contributed by atoms with E-state index < -0.39 is 9.05 Å². The molecule has 0 saturated heterocycles. The molecule has 0 N–H and O–H groups in total. The minimum absolute atomic E-state index is 0.277. The first-order valence-electron chi connectivity index (χ1n) is 3.93. The van der Waals surface area contributed by atoms with Gasteiger partial charge in [0.05, 0.1) is 5.25 Å². The van der Waals surface area contributed by atoms with E-state index in [0.717, 1.165) is 25.7 Å². The lowest BCUT2D eigenvalue weighted by atomic mass is 9.91. The van der Waals surface area contributed by atoms with Crippen molar-refractivity contribution in [1.82, 2.24) is 0 Å². The molecule has 0 aromatic heterocycles. The molecule has 4 heteroatoms. The van der Waals surface area contributed by atoms with Crippen molar-refractivity contribution in [3.63, 3.8) is 0 Å². The lowest BCUT2D eigenvalue weighted by molar-refractivity contribution is 0.384. The van der Waals surface area contributed by atoms with Crippen molar-refractivity contribution in [2.75, 3.05) is 0 Å². The maximum Gasteiger partial charge on any atom is 0.235 e. The van der Waals surface area contributed by atoms with Gasteiger partial charge in [0.2, 0.25) is 9.05 Å². The first kappa shape index (κ1) is 9.33. The third kappa shape index (κ3) is 2.64. The van der Waals surface area contributed by atoms with E-state index in [0.29, 0.717) is 5.92 Å². The molecule has 1 rings (SSSR count). The molecule has 1 saturated carbocycles. The van der Waals surface area contributed by atoms with E-state index in [2.05, 4.69) is 6.92 Å². The Labute approximate surface area is 72.4 Å². The standard InChI is InChI=1S/C7H13ClO2S/c1-6-2-4-7(5-3-6)11(8,9)10/h6-7H,2-5H2,1H3. The average Bonchev–Trinajstić information content (AvgIpc) is 1.86. The molecule has 0 aliphatic heterocycles. The molecule has 0 aromatic rings. The van der Waals surface area contributed by atoms with E-state index in [1.54, 1.807) is 0 Å². The van der Waals surface area contributed by atoms with Gasteiger partial charge < -0.3 is 0 Å². The summed E-state index contributed by atoms with van der Waals surface area (Å²) >= 11 is 0. The van der Waals surface area contributed by atoms with Crippen molar-refractivity contribution in [1.29, 1.82) is 0 Å². The van der Waals surface area contributed by atoms with Gasteiger partial charge in [-0.1, -0.05) is 6.92 Å². The normalized spacial score (nSPS) is 33.6. The highest BCUT2D eigenvalue weighted by Crippen LogP contribution is 2.29. The average molecular weight is 197 g/mol. The third-order valence-electron chi connectivity index (χ3n) is 2.36. The van der Waals surface area contributed by atoms with Gasteiger partial charge in [0.15, 0.2) is 0 Å². The van der Waals surface area contributed by atoms with Crippen molar-refractivity contribution >= 4 is 19.7 Å². The van der Waals surface area contributed by atoms with Gasteiger partial charge in [-0.05, 0) is 31.6 Å². The van der Waals surface area contributed by atoms with Crippen molar-refractivity contribution in [3.05, 3.63) is 0 Å². The molecule has 0 heterocycles. The van der Waals surface area contributed by atoms with Gasteiger partial charge in [-0.15, -0.1) is 0 Å². The summed E-state index contributed by atoms with van der Waals surface area (Å²) in [5, 5.41) is -0.277. The molecular formula is C7H13ClO2S. The van der Waals surface area contributed by atoms with Crippen molar-refractivity contribution < 1.29 is 8.42 Å². The first-order valence-corrected chi connectivity index (χ1v) is 6.31. The van der Waals surface area contributed by atoms with Crippen LogP contribution < -0.4 is 0 Å². The maximum atomic E-state index is 10.9. The van der Waals surface area contributed by atoms with E-state index in [9.17, 15) is 8.42 Å². The number of halogens is 1. The monoisotopic (exact) mass is 196 g/mol. The van der Waals surface area contributed by atoms with Crippen LogP contribution in [0, 0.1) is 5.92 Å². The second-order valence-corrected chi connectivity index (χ2v) is 6.27. The van der Waals surface area contributed by atoms with Gasteiger partial charge in [0.1, 0.15) is 0 Å². The highest BCUT2D eigenvalue weighted by atomic mass is 35.7. The quantitative estimate of drug-likeness (QED) is 0.603. The lowest BCUT2D eigenvalue weighted by Crippen LogP contribution is -2.22. The molecule has 0 spiro atoms. The van der Waals surface area contributed by atoms with Crippen LogP contribution in [0.5, 0.6) is 0 Å². The zero-order chi connectivity index (χ0) is 8.48. The molecular weight excluding hydrogens is 184 g/mol. The lowest BCUT2D eigenvalue weighted by Gasteiger charge is -2.23. The molecule has 1 aliphatic rings. The van der Waals surface area contributed by atoms with E-state index in [4.69, 9.17) is 10.7 Å². The maximum absolute atomic E-state index is 10.9. The van der Waals surface area contributed by atoms with Crippen LogP contribution >= 0.6 is 10.7 Å². The summed E-state index contributed by atoms with van der Waals surface area (Å²) in [6, 6.07) is 0. The predicted molar refractivity (Wildman–Crippen MR) is 46.2 cm³/mol. The molecule has 0 unspecified atom stereocenters. The van der Waals surface area contributed by atoms with Gasteiger partial charge in [-0.3, -0.25) is 0 Å². The Morgan fingerprint density at radius 1 is 1.18 bits per heavy atom. The molecule has 0 amide bonds. The van der Waals surface area contributed by atoms with Gasteiger partial charge in [-0.2, -0.15) is 0 Å². The molecule has 66 valence electrons. The molecule has 2 nitrogen and oxygen atoms in total. The Hall–Kier alpha value is 0.240. The zero-order valence-electron chi connectivity index (χ0n) is 6.59. The van der Waals surface area contributed by atoms with E-state index in [1.807, 2.05) is 0 Å². The van der Waals surface area contributed by atoms with E-state index in [-0.39, 0.29) is 5.25 Å². The van der Waals surface area contributed by atoms with Crippen LogP contribution in [-0.2, 0) is 9.05 Å². The fraction of sp³-hybridized carbons (Fsp3) is 1.00. The van der Waals surface area contributed by atoms with Crippen molar-refractivity contribution in [2.24, 2.45) is 5.92 Å². The van der Waals surface area contributed by atoms with E-state index >= 15 is 0 Å². The second-order valence-electron chi connectivity index (χ2n) is 3.36. The van der Waals surface area contributed by atoms with Crippen LogP contribution in [-0.4, -0.2) is 13.7 Å². The highest BCUT2D eigenvalue weighted by Gasteiger charge is 2.27. The largest absolute Gasteiger partial charge is 0.235 e. The summed E-state index contributed by atoms with van der Waals surface area (Å²) in [4.78, 5) is 0. The summed E-state index contributed by atoms with van der Waals surface area (Å²) in [6.07, 6.45) is 3.48. The van der Waals surface area contributed by atoms with Gasteiger partial charge in [0.25, 0.3) is 0 Å². The van der Waals surface area contributed by atoms with Crippen molar-refractivity contribution in [3.8, 4) is 0 Å². The summed E-state index contributed by atoms with van der Waals surface area (Å²) in [5.74, 6) is 0.671. The Morgan fingerprint density at radius 2 is 1.64 bits per heavy atom. The van der Waals surface area contributed by atoms with Gasteiger partial charge in [-0.25, -0.2) is 8.42 Å². The molecule has 1 fully saturated rings. The second kappa shape index (κ2) is 3.31. The summed E-state index contributed by atoms with van der Waals surface area (Å²) in [6.45, 7) is 2.15. The first-order chi connectivity index (χ1) is 5.00. The Balaban J connectivity index is 2.53. The fourth-order valence-corrected chi connectivity index (χ4v) is 2.88. The van der Waals surface area contributed by atoms with E-state index in [1.165, 1.54) is 0 Å². The fourth-order valence-electron chi connectivity index (χ4n) is 1.51. The molecule has 0 bridgehead atoms. The van der Waals surface area contributed by atoms with Crippen LogP contribution in [0.4, 0.5) is 0 Å². The molecule has 0 atom stereocenters. The molecule has 1 aliphatic carbocycles. The third-order valence-corrected chi connectivity index (χ3v) is 4.38.